The highest BCUT2D eigenvalue weighted by Gasteiger charge is 2.06. The molecule has 0 spiro atoms. The topological polar surface area (TPSA) is 76.0 Å². The number of rotatable bonds is 7. The number of hydrogen-bond acceptors (Lipinski definition) is 4. The summed E-state index contributed by atoms with van der Waals surface area (Å²) < 4.78 is 4.96. The van der Waals surface area contributed by atoms with Crippen LogP contribution in [0.15, 0.2) is 16.6 Å². The van der Waals surface area contributed by atoms with E-state index in [0.29, 0.717) is 26.0 Å². The van der Waals surface area contributed by atoms with Crippen LogP contribution in [-0.2, 0) is 14.3 Å². The first-order chi connectivity index (χ1) is 7.68. The maximum absolute atomic E-state index is 11.1. The van der Waals surface area contributed by atoms with Crippen LogP contribution >= 0.6 is 0 Å². The largest absolute Gasteiger partial charge is 0.481 e. The molecule has 0 aliphatic carbocycles. The molecule has 1 aliphatic rings. The summed E-state index contributed by atoms with van der Waals surface area (Å²) in [7, 11) is 0. The molecular formula is C11H15NO4. The monoisotopic (exact) mass is 225 g/mol. The van der Waals surface area contributed by atoms with Crippen molar-refractivity contribution in [2.45, 2.75) is 25.7 Å². The van der Waals surface area contributed by atoms with Crippen molar-refractivity contribution in [1.82, 2.24) is 0 Å². The summed E-state index contributed by atoms with van der Waals surface area (Å²) in [5.41, 5.74) is 1.15. The Morgan fingerprint density at radius 3 is 2.88 bits per heavy atom. The standard InChI is InChI=1S/C11H15NO4/c13-10(14)2-1-3-11(15)16-7-5-9-4-6-12-8-9/h4,6H,1-3,5,7-8H2,(H,13,14). The highest BCUT2D eigenvalue weighted by atomic mass is 16.5. The fourth-order valence-electron chi connectivity index (χ4n) is 1.30. The van der Waals surface area contributed by atoms with Crippen molar-refractivity contribution in [1.29, 1.82) is 0 Å². The number of carboxylic acid groups (broad SMARTS) is 1. The van der Waals surface area contributed by atoms with Crippen molar-refractivity contribution in [3.05, 3.63) is 11.6 Å². The highest BCUT2D eigenvalue weighted by molar-refractivity contribution is 5.75. The van der Waals surface area contributed by atoms with Crippen molar-refractivity contribution in [3.8, 4) is 0 Å². The van der Waals surface area contributed by atoms with Crippen molar-refractivity contribution < 1.29 is 19.4 Å². The van der Waals surface area contributed by atoms with Gasteiger partial charge in [0.15, 0.2) is 0 Å². The lowest BCUT2D eigenvalue weighted by Crippen LogP contribution is -2.07. The SMILES string of the molecule is O=C(O)CCCC(=O)OCCC1=CC=NC1. The maximum atomic E-state index is 11.1. The molecule has 0 aromatic carbocycles. The smallest absolute Gasteiger partial charge is 0.305 e. The molecule has 0 unspecified atom stereocenters. The predicted octanol–water partition coefficient (Wildman–Crippen LogP) is 1.19. The van der Waals surface area contributed by atoms with Crippen molar-refractivity contribution in [2.75, 3.05) is 13.2 Å². The fourth-order valence-corrected chi connectivity index (χ4v) is 1.30. The molecule has 0 atom stereocenters. The molecule has 0 aromatic rings. The van der Waals surface area contributed by atoms with Crippen LogP contribution in [0.4, 0.5) is 0 Å². The molecule has 5 heteroatoms. The lowest BCUT2D eigenvalue weighted by molar-refractivity contribution is -0.144. The van der Waals surface area contributed by atoms with Crippen LogP contribution in [0.25, 0.3) is 0 Å². The molecule has 0 saturated carbocycles. The average molecular weight is 225 g/mol. The van der Waals surface area contributed by atoms with Crippen molar-refractivity contribution >= 4 is 18.2 Å². The van der Waals surface area contributed by atoms with E-state index in [9.17, 15) is 9.59 Å². The fraction of sp³-hybridized carbons (Fsp3) is 0.545. The van der Waals surface area contributed by atoms with Gasteiger partial charge in [0.25, 0.3) is 0 Å². The van der Waals surface area contributed by atoms with E-state index >= 15 is 0 Å². The van der Waals surface area contributed by atoms with Gasteiger partial charge in [0, 0.05) is 25.5 Å². The van der Waals surface area contributed by atoms with Crippen LogP contribution in [0, 0.1) is 0 Å². The van der Waals surface area contributed by atoms with Gasteiger partial charge in [0.2, 0.25) is 0 Å². The Kier molecular flexibility index (Phi) is 5.25. The molecule has 0 saturated heterocycles. The third-order valence-corrected chi connectivity index (χ3v) is 2.17. The second-order valence-electron chi connectivity index (χ2n) is 3.53. The molecule has 0 radical (unpaired) electrons. The van der Waals surface area contributed by atoms with Gasteiger partial charge in [0.1, 0.15) is 0 Å². The van der Waals surface area contributed by atoms with E-state index in [-0.39, 0.29) is 18.8 Å². The molecule has 1 aliphatic heterocycles. The highest BCUT2D eigenvalue weighted by Crippen LogP contribution is 2.06. The Labute approximate surface area is 93.8 Å². The average Bonchev–Trinajstić information content (AvgIpc) is 2.70. The Bertz CT molecular complexity index is 320. The number of ether oxygens (including phenoxy) is 1. The van der Waals surface area contributed by atoms with Gasteiger partial charge in [-0.3, -0.25) is 14.6 Å². The van der Waals surface area contributed by atoms with E-state index in [0.717, 1.165) is 5.57 Å². The lowest BCUT2D eigenvalue weighted by atomic mass is 10.2. The molecule has 16 heavy (non-hydrogen) atoms. The third kappa shape index (κ3) is 5.29. The molecule has 0 fully saturated rings. The van der Waals surface area contributed by atoms with E-state index in [1.165, 1.54) is 0 Å². The Hall–Kier alpha value is -1.65. The van der Waals surface area contributed by atoms with E-state index in [4.69, 9.17) is 9.84 Å². The van der Waals surface area contributed by atoms with E-state index in [2.05, 4.69) is 4.99 Å². The summed E-state index contributed by atoms with van der Waals surface area (Å²) in [4.78, 5) is 25.3. The number of nitrogens with zero attached hydrogens (tertiary/aromatic N) is 1. The number of hydrogen-bond donors (Lipinski definition) is 1. The normalized spacial score (nSPS) is 13.6. The quantitative estimate of drug-likeness (QED) is 0.660. The van der Waals surface area contributed by atoms with Crippen molar-refractivity contribution in [3.63, 3.8) is 0 Å². The Morgan fingerprint density at radius 2 is 2.25 bits per heavy atom. The van der Waals surface area contributed by atoms with Crippen LogP contribution in [0.5, 0.6) is 0 Å². The molecule has 1 rings (SSSR count). The number of esters is 1. The maximum Gasteiger partial charge on any atom is 0.305 e. The first-order valence-corrected chi connectivity index (χ1v) is 5.24. The van der Waals surface area contributed by atoms with Crippen LogP contribution in [0.3, 0.4) is 0 Å². The molecule has 1 N–H and O–H groups in total. The van der Waals surface area contributed by atoms with Gasteiger partial charge < -0.3 is 9.84 Å². The summed E-state index contributed by atoms with van der Waals surface area (Å²) >= 11 is 0. The first kappa shape index (κ1) is 12.4. The summed E-state index contributed by atoms with van der Waals surface area (Å²) in [5, 5.41) is 8.37. The molecule has 0 amide bonds. The minimum atomic E-state index is -0.888. The molecule has 0 aromatic heterocycles. The summed E-state index contributed by atoms with van der Waals surface area (Å²) in [6.45, 7) is 1.04. The van der Waals surface area contributed by atoms with Crippen LogP contribution in [0.1, 0.15) is 25.7 Å². The van der Waals surface area contributed by atoms with Crippen molar-refractivity contribution in [2.24, 2.45) is 4.99 Å². The van der Waals surface area contributed by atoms with Gasteiger partial charge in [-0.2, -0.15) is 0 Å². The zero-order valence-corrected chi connectivity index (χ0v) is 9.02. The molecule has 5 nitrogen and oxygen atoms in total. The molecular weight excluding hydrogens is 210 g/mol. The van der Waals surface area contributed by atoms with E-state index < -0.39 is 5.97 Å². The number of carboxylic acids is 1. The van der Waals surface area contributed by atoms with Gasteiger partial charge in [-0.05, 0) is 18.1 Å². The summed E-state index contributed by atoms with van der Waals surface area (Å²) in [5.74, 6) is -1.22. The second-order valence-corrected chi connectivity index (χ2v) is 3.53. The number of carbonyl (C=O) groups excluding carboxylic acids is 1. The van der Waals surface area contributed by atoms with Crippen LogP contribution < -0.4 is 0 Å². The predicted molar refractivity (Wildman–Crippen MR) is 58.5 cm³/mol. The summed E-state index contributed by atoms with van der Waals surface area (Å²) in [6.07, 6.45) is 4.86. The zero-order valence-electron chi connectivity index (χ0n) is 9.02. The van der Waals surface area contributed by atoms with E-state index in [1.807, 2.05) is 6.08 Å². The third-order valence-electron chi connectivity index (χ3n) is 2.17. The molecule has 1 heterocycles. The van der Waals surface area contributed by atoms with Crippen LogP contribution in [-0.4, -0.2) is 36.4 Å². The second kappa shape index (κ2) is 6.76. The number of allylic oxidation sites excluding steroid dienone is 1. The zero-order chi connectivity index (χ0) is 11.8. The van der Waals surface area contributed by atoms with E-state index in [1.54, 1.807) is 6.21 Å². The van der Waals surface area contributed by atoms with Gasteiger partial charge in [-0.15, -0.1) is 0 Å². The number of aliphatic imine (C=N–C) groups is 1. The Morgan fingerprint density at radius 1 is 1.44 bits per heavy atom. The Balaban J connectivity index is 2.00. The molecule has 0 bridgehead atoms. The minimum absolute atomic E-state index is 0.00803. The number of carbonyl (C=O) groups is 2. The summed E-state index contributed by atoms with van der Waals surface area (Å²) in [6, 6.07) is 0. The van der Waals surface area contributed by atoms with Crippen LogP contribution in [0.2, 0.25) is 0 Å². The number of aliphatic carboxylic acids is 1. The van der Waals surface area contributed by atoms with Gasteiger partial charge >= 0.3 is 11.9 Å². The van der Waals surface area contributed by atoms with Gasteiger partial charge in [-0.25, -0.2) is 0 Å². The lowest BCUT2D eigenvalue weighted by Gasteiger charge is -2.04. The van der Waals surface area contributed by atoms with Gasteiger partial charge in [-0.1, -0.05) is 0 Å². The minimum Gasteiger partial charge on any atom is -0.481 e. The van der Waals surface area contributed by atoms with Gasteiger partial charge in [0.05, 0.1) is 13.2 Å². The first-order valence-electron chi connectivity index (χ1n) is 5.24. The molecule has 88 valence electrons.